The molecule has 0 aromatic heterocycles. The van der Waals surface area contributed by atoms with E-state index in [2.05, 4.69) is 5.32 Å². The molecule has 2 rings (SSSR count). The van der Waals surface area contributed by atoms with Crippen molar-refractivity contribution in [2.45, 2.75) is 17.4 Å². The third-order valence-electron chi connectivity index (χ3n) is 2.96. The predicted octanol–water partition coefficient (Wildman–Crippen LogP) is 1.24. The Morgan fingerprint density at radius 1 is 1.22 bits per heavy atom. The molecule has 98 valence electrons. The molecule has 1 aromatic carbocycles. The highest BCUT2D eigenvalue weighted by molar-refractivity contribution is 8.07. The highest BCUT2D eigenvalue weighted by Crippen LogP contribution is 2.30. The zero-order chi connectivity index (χ0) is 13.2. The Labute approximate surface area is 111 Å². The summed E-state index contributed by atoms with van der Waals surface area (Å²) in [4.78, 5) is 11.9. The van der Waals surface area contributed by atoms with Crippen LogP contribution < -0.4 is 5.32 Å². The summed E-state index contributed by atoms with van der Waals surface area (Å²) in [5.74, 6) is 0.594. The van der Waals surface area contributed by atoms with Crippen molar-refractivity contribution >= 4 is 33.2 Å². The summed E-state index contributed by atoms with van der Waals surface area (Å²) in [5.41, 5.74) is 0.695. The SMILES string of the molecule is CC1(CC(=O)Nc2ccccc2)S(=O)CCS1=O. The number of carbonyl (C=O) groups is 1. The van der Waals surface area contributed by atoms with Crippen LogP contribution in [0.1, 0.15) is 13.3 Å². The van der Waals surface area contributed by atoms with E-state index in [9.17, 15) is 13.2 Å². The summed E-state index contributed by atoms with van der Waals surface area (Å²) in [6.45, 7) is 1.66. The first kappa shape index (κ1) is 13.4. The minimum absolute atomic E-state index is 0.0289. The van der Waals surface area contributed by atoms with Gasteiger partial charge in [0.25, 0.3) is 0 Å². The zero-order valence-corrected chi connectivity index (χ0v) is 11.7. The van der Waals surface area contributed by atoms with Gasteiger partial charge < -0.3 is 5.32 Å². The first-order valence-electron chi connectivity index (χ1n) is 5.64. The molecule has 1 aromatic rings. The van der Waals surface area contributed by atoms with Gasteiger partial charge in [0, 0.05) is 38.8 Å². The van der Waals surface area contributed by atoms with E-state index in [0.29, 0.717) is 17.2 Å². The van der Waals surface area contributed by atoms with Crippen LogP contribution in [0.4, 0.5) is 5.69 Å². The Kier molecular flexibility index (Phi) is 3.97. The van der Waals surface area contributed by atoms with Crippen molar-refractivity contribution in [1.29, 1.82) is 0 Å². The second-order valence-electron chi connectivity index (χ2n) is 4.32. The number of amides is 1. The lowest BCUT2D eigenvalue weighted by Crippen LogP contribution is -2.35. The minimum atomic E-state index is -1.20. The fraction of sp³-hybridized carbons (Fsp3) is 0.417. The van der Waals surface area contributed by atoms with E-state index < -0.39 is 25.7 Å². The van der Waals surface area contributed by atoms with Crippen molar-refractivity contribution in [2.24, 2.45) is 0 Å². The van der Waals surface area contributed by atoms with E-state index in [1.807, 2.05) is 18.2 Å². The van der Waals surface area contributed by atoms with Crippen LogP contribution in [-0.4, -0.2) is 29.9 Å². The average Bonchev–Trinajstić information content (AvgIpc) is 2.58. The van der Waals surface area contributed by atoms with Crippen molar-refractivity contribution in [3.63, 3.8) is 0 Å². The maximum absolute atomic E-state index is 11.9. The molecule has 0 radical (unpaired) electrons. The standard InChI is InChI=1S/C12H15NO3S2/c1-12(17(15)7-8-18(12)16)9-11(14)13-10-5-3-2-4-6-10/h2-6H,7-9H2,1H3,(H,13,14). The summed E-state index contributed by atoms with van der Waals surface area (Å²) in [5, 5.41) is 2.73. The molecule has 2 atom stereocenters. The van der Waals surface area contributed by atoms with Crippen LogP contribution in [0, 0.1) is 0 Å². The maximum Gasteiger partial charge on any atom is 0.226 e. The van der Waals surface area contributed by atoms with Crippen LogP contribution in [0.2, 0.25) is 0 Å². The molecule has 1 amide bonds. The lowest BCUT2D eigenvalue weighted by molar-refractivity contribution is -0.116. The Morgan fingerprint density at radius 3 is 2.33 bits per heavy atom. The molecule has 2 unspecified atom stereocenters. The lowest BCUT2D eigenvalue weighted by Gasteiger charge is -2.20. The third-order valence-corrected chi connectivity index (χ3v) is 7.70. The van der Waals surface area contributed by atoms with Crippen LogP contribution >= 0.6 is 0 Å². The second kappa shape index (κ2) is 5.32. The molecular formula is C12H15NO3S2. The Bertz CT molecular complexity index is 485. The van der Waals surface area contributed by atoms with Crippen LogP contribution in [0.3, 0.4) is 0 Å². The molecule has 1 aliphatic rings. The minimum Gasteiger partial charge on any atom is -0.326 e. The number of benzene rings is 1. The number of hydrogen-bond acceptors (Lipinski definition) is 3. The first-order chi connectivity index (χ1) is 8.52. The van der Waals surface area contributed by atoms with Gasteiger partial charge in [-0.05, 0) is 19.1 Å². The van der Waals surface area contributed by atoms with Crippen molar-refractivity contribution in [1.82, 2.24) is 0 Å². The van der Waals surface area contributed by atoms with Gasteiger partial charge in [0.05, 0.1) is 6.42 Å². The molecule has 1 heterocycles. The van der Waals surface area contributed by atoms with E-state index >= 15 is 0 Å². The smallest absolute Gasteiger partial charge is 0.226 e. The molecule has 6 heteroatoms. The van der Waals surface area contributed by atoms with Gasteiger partial charge >= 0.3 is 0 Å². The highest BCUT2D eigenvalue weighted by atomic mass is 32.3. The lowest BCUT2D eigenvalue weighted by atomic mass is 10.2. The Morgan fingerprint density at radius 2 is 1.78 bits per heavy atom. The number of carbonyl (C=O) groups excluding carboxylic acids is 1. The normalized spacial score (nSPS) is 31.2. The summed E-state index contributed by atoms with van der Waals surface area (Å²) in [6.07, 6.45) is 0.0289. The van der Waals surface area contributed by atoms with Gasteiger partial charge in [0.15, 0.2) is 0 Å². The van der Waals surface area contributed by atoms with Gasteiger partial charge in [-0.1, -0.05) is 18.2 Å². The number of hydrogen-bond donors (Lipinski definition) is 1. The summed E-state index contributed by atoms with van der Waals surface area (Å²) < 4.78 is 22.8. The first-order valence-corrected chi connectivity index (χ1v) is 8.28. The van der Waals surface area contributed by atoms with E-state index in [1.165, 1.54) is 0 Å². The average molecular weight is 285 g/mol. The summed E-state index contributed by atoms with van der Waals surface area (Å²) in [6, 6.07) is 9.07. The molecule has 18 heavy (non-hydrogen) atoms. The molecule has 1 saturated heterocycles. The van der Waals surface area contributed by atoms with Gasteiger partial charge in [0.2, 0.25) is 5.91 Å². The number of anilines is 1. The van der Waals surface area contributed by atoms with Gasteiger partial charge in [-0.2, -0.15) is 0 Å². The second-order valence-corrected chi connectivity index (χ2v) is 8.58. The number of para-hydroxylation sites is 1. The van der Waals surface area contributed by atoms with E-state index in [-0.39, 0.29) is 12.3 Å². The van der Waals surface area contributed by atoms with E-state index in [4.69, 9.17) is 0 Å². The third kappa shape index (κ3) is 2.70. The van der Waals surface area contributed by atoms with Crippen LogP contribution in [0.5, 0.6) is 0 Å². The molecule has 0 saturated carbocycles. The number of nitrogens with one attached hydrogen (secondary N) is 1. The highest BCUT2D eigenvalue weighted by Gasteiger charge is 2.44. The molecule has 0 spiro atoms. The fourth-order valence-corrected chi connectivity index (χ4v) is 5.85. The number of rotatable bonds is 3. The van der Waals surface area contributed by atoms with Crippen LogP contribution in [-0.2, 0) is 26.4 Å². The molecular weight excluding hydrogens is 270 g/mol. The largest absolute Gasteiger partial charge is 0.326 e. The van der Waals surface area contributed by atoms with Gasteiger partial charge in [0.1, 0.15) is 4.08 Å². The van der Waals surface area contributed by atoms with Gasteiger partial charge in [-0.3, -0.25) is 13.2 Å². The summed E-state index contributed by atoms with van der Waals surface area (Å²) >= 11 is 0. The van der Waals surface area contributed by atoms with E-state index in [1.54, 1.807) is 19.1 Å². The maximum atomic E-state index is 11.9. The van der Waals surface area contributed by atoms with E-state index in [0.717, 1.165) is 0 Å². The molecule has 1 N–H and O–H groups in total. The fourth-order valence-electron chi connectivity index (χ4n) is 1.87. The van der Waals surface area contributed by atoms with Crippen LogP contribution in [0.25, 0.3) is 0 Å². The molecule has 1 fully saturated rings. The van der Waals surface area contributed by atoms with Gasteiger partial charge in [-0.15, -0.1) is 0 Å². The Balaban J connectivity index is 2.04. The molecule has 0 bridgehead atoms. The molecule has 1 aliphatic heterocycles. The predicted molar refractivity (Wildman–Crippen MR) is 74.1 cm³/mol. The molecule has 4 nitrogen and oxygen atoms in total. The topological polar surface area (TPSA) is 63.2 Å². The summed E-state index contributed by atoms with van der Waals surface area (Å²) in [7, 11) is -2.39. The van der Waals surface area contributed by atoms with Gasteiger partial charge in [-0.25, -0.2) is 0 Å². The van der Waals surface area contributed by atoms with Crippen molar-refractivity contribution in [3.05, 3.63) is 30.3 Å². The van der Waals surface area contributed by atoms with Crippen LogP contribution in [0.15, 0.2) is 30.3 Å². The van der Waals surface area contributed by atoms with Crippen molar-refractivity contribution in [2.75, 3.05) is 16.8 Å². The Hall–Kier alpha value is -1.01. The zero-order valence-electron chi connectivity index (χ0n) is 10.0. The quantitative estimate of drug-likeness (QED) is 0.909. The molecule has 0 aliphatic carbocycles. The van der Waals surface area contributed by atoms with Crippen molar-refractivity contribution in [3.8, 4) is 0 Å². The van der Waals surface area contributed by atoms with Crippen molar-refractivity contribution < 1.29 is 13.2 Å². The monoisotopic (exact) mass is 285 g/mol.